The first-order chi connectivity index (χ1) is 16.0. The van der Waals surface area contributed by atoms with E-state index in [1.807, 2.05) is 7.05 Å². The third-order valence-electron chi connectivity index (χ3n) is 7.47. The summed E-state index contributed by atoms with van der Waals surface area (Å²) in [4.78, 5) is 35.3. The molecule has 2 atom stereocenters. The Balaban J connectivity index is 2.09. The number of non-ortho nitro benzene ring substituents is 1. The number of halogens is 2. The maximum Gasteiger partial charge on any atom is 0.280 e. The lowest BCUT2D eigenvalue weighted by Crippen LogP contribution is -2.65. The fraction of sp³-hybridized carbons (Fsp3) is 0.435. The van der Waals surface area contributed by atoms with Gasteiger partial charge >= 0.3 is 0 Å². The summed E-state index contributed by atoms with van der Waals surface area (Å²) in [5, 5.41) is 27.1. The molecule has 0 aromatic heterocycles. The van der Waals surface area contributed by atoms with Gasteiger partial charge in [-0.3, -0.25) is 25.0 Å². The third-order valence-corrected chi connectivity index (χ3v) is 8.19. The molecule has 1 amide bonds. The van der Waals surface area contributed by atoms with Gasteiger partial charge in [-0.2, -0.15) is 0 Å². The van der Waals surface area contributed by atoms with Crippen LogP contribution >= 0.6 is 23.2 Å². The van der Waals surface area contributed by atoms with E-state index in [2.05, 4.69) is 5.32 Å². The van der Waals surface area contributed by atoms with Crippen LogP contribution in [0, 0.1) is 20.2 Å². The molecule has 1 N–H and O–H groups in total. The predicted octanol–water partition coefficient (Wildman–Crippen LogP) is 5.07. The molecule has 1 heterocycles. The molecule has 1 saturated heterocycles. The summed E-state index contributed by atoms with van der Waals surface area (Å²) in [7, 11) is 2.04. The highest BCUT2D eigenvalue weighted by molar-refractivity contribution is 6.42. The molecule has 4 rings (SSSR count). The van der Waals surface area contributed by atoms with Crippen molar-refractivity contribution < 1.29 is 19.1 Å². The second-order valence-electron chi connectivity index (χ2n) is 9.29. The molecule has 11 heteroatoms. The number of quaternary nitrogens is 1. The number of nitrogens with zero attached hydrogens (tertiary/aromatic N) is 3. The van der Waals surface area contributed by atoms with Gasteiger partial charge < -0.3 is 9.80 Å². The highest BCUT2D eigenvalue weighted by Gasteiger charge is 2.61. The number of hydrogen-bond acceptors (Lipinski definition) is 5. The quantitative estimate of drug-likeness (QED) is 0.344. The number of fused-ring (bicyclic) bond motifs is 1. The number of carbonyl (C=O) groups excluding carboxylic acids is 1. The number of nitro benzene ring substituents is 2. The summed E-state index contributed by atoms with van der Waals surface area (Å²) < 4.78 is 0.429. The first-order valence-electron chi connectivity index (χ1n) is 11.0. The summed E-state index contributed by atoms with van der Waals surface area (Å²) in [5.41, 5.74) is 0.589. The molecular formula is C23H25Cl2N4O5+. The van der Waals surface area contributed by atoms with Crippen LogP contribution in [0.3, 0.4) is 0 Å². The van der Waals surface area contributed by atoms with Crippen molar-refractivity contribution in [1.29, 1.82) is 0 Å². The molecule has 34 heavy (non-hydrogen) atoms. The van der Waals surface area contributed by atoms with Crippen LogP contribution in [0.4, 0.5) is 11.4 Å². The van der Waals surface area contributed by atoms with Crippen LogP contribution in [0.15, 0.2) is 30.3 Å². The lowest BCUT2D eigenvalue weighted by molar-refractivity contribution is -0.960. The van der Waals surface area contributed by atoms with Crippen LogP contribution in [-0.4, -0.2) is 40.4 Å². The van der Waals surface area contributed by atoms with Crippen molar-refractivity contribution in [3.8, 4) is 0 Å². The Bertz CT molecular complexity index is 1200. The summed E-state index contributed by atoms with van der Waals surface area (Å²) in [6.07, 6.45) is 2.86. The molecule has 2 aromatic carbocycles. The number of likely N-dealkylation sites (N-methyl/N-ethyl adjacent to an activating group) is 1. The van der Waals surface area contributed by atoms with Gasteiger partial charge in [-0.05, 0) is 23.6 Å². The molecule has 0 saturated carbocycles. The Hall–Kier alpha value is -2.75. The second-order valence-corrected chi connectivity index (χ2v) is 10.1. The van der Waals surface area contributed by atoms with Gasteiger partial charge in [-0.25, -0.2) is 0 Å². The first kappa shape index (κ1) is 24.4. The Kier molecular flexibility index (Phi) is 6.30. The highest BCUT2D eigenvalue weighted by atomic mass is 35.5. The molecule has 0 spiro atoms. The molecule has 2 aliphatic rings. The Morgan fingerprint density at radius 3 is 2.32 bits per heavy atom. The molecule has 0 bridgehead atoms. The van der Waals surface area contributed by atoms with Crippen LogP contribution in [0.25, 0.3) is 0 Å². The van der Waals surface area contributed by atoms with E-state index in [0.717, 1.165) is 31.5 Å². The van der Waals surface area contributed by atoms with Crippen molar-refractivity contribution in [1.82, 2.24) is 5.32 Å². The van der Waals surface area contributed by atoms with Crippen LogP contribution in [-0.2, 0) is 16.8 Å². The third kappa shape index (κ3) is 3.81. The zero-order valence-electron chi connectivity index (χ0n) is 18.8. The fourth-order valence-corrected chi connectivity index (χ4v) is 6.27. The SMILES string of the molecule is CC(=O)N[C@@H]1c2cc([N+](=O)[O-])ccc2CC[C@@]1(c1cc(Cl)c(Cl)cc1[N+](=O)[O-])[N+]1(C)CCCC1. The van der Waals surface area contributed by atoms with Gasteiger partial charge in [-0.15, -0.1) is 0 Å². The molecule has 1 aliphatic carbocycles. The topological polar surface area (TPSA) is 115 Å². The van der Waals surface area contributed by atoms with Gasteiger partial charge in [0, 0.05) is 44.4 Å². The maximum absolute atomic E-state index is 12.5. The molecule has 1 aliphatic heterocycles. The molecular weight excluding hydrogens is 483 g/mol. The Morgan fingerprint density at radius 2 is 1.74 bits per heavy atom. The lowest BCUT2D eigenvalue weighted by Gasteiger charge is -2.55. The summed E-state index contributed by atoms with van der Waals surface area (Å²) in [5.74, 6) is -0.331. The standard InChI is InChI=1S/C23H24Cl2N4O5/c1-14(30)26-22-17-11-16(27(31)32)6-5-15(17)7-8-23(22,29(2)9-3-4-10-29)18-12-19(24)20(25)13-21(18)28(33)34/h5-6,11-13,22H,3-4,7-10H2,1-2H3/p+1/t22-,23+/m1/s1. The predicted molar refractivity (Wildman–Crippen MR) is 128 cm³/mol. The minimum Gasteiger partial charge on any atom is -0.343 e. The van der Waals surface area contributed by atoms with Crippen molar-refractivity contribution in [2.75, 3.05) is 20.1 Å². The fourth-order valence-electron chi connectivity index (χ4n) is 5.95. The Morgan fingerprint density at radius 1 is 1.09 bits per heavy atom. The zero-order valence-corrected chi connectivity index (χ0v) is 20.4. The number of carbonyl (C=O) groups is 1. The van der Waals surface area contributed by atoms with E-state index < -0.39 is 21.4 Å². The van der Waals surface area contributed by atoms with Crippen molar-refractivity contribution in [2.45, 2.75) is 44.2 Å². The van der Waals surface area contributed by atoms with Crippen LogP contribution < -0.4 is 5.32 Å². The largest absolute Gasteiger partial charge is 0.343 e. The lowest BCUT2D eigenvalue weighted by atomic mass is 9.67. The van der Waals surface area contributed by atoms with E-state index in [1.54, 1.807) is 12.1 Å². The Labute approximate surface area is 206 Å². The first-order valence-corrected chi connectivity index (χ1v) is 11.8. The average molecular weight is 508 g/mol. The van der Waals surface area contributed by atoms with E-state index in [0.29, 0.717) is 28.5 Å². The van der Waals surface area contributed by atoms with E-state index in [4.69, 9.17) is 23.2 Å². The minimum absolute atomic E-state index is 0.0688. The van der Waals surface area contributed by atoms with Gasteiger partial charge in [0.25, 0.3) is 11.4 Å². The van der Waals surface area contributed by atoms with Crippen molar-refractivity contribution in [2.24, 2.45) is 0 Å². The van der Waals surface area contributed by atoms with Crippen molar-refractivity contribution in [3.05, 3.63) is 77.3 Å². The summed E-state index contributed by atoms with van der Waals surface area (Å²) in [6, 6.07) is 6.70. The zero-order chi connectivity index (χ0) is 24.8. The number of nitro groups is 2. The van der Waals surface area contributed by atoms with Gasteiger partial charge in [-0.1, -0.05) is 29.3 Å². The summed E-state index contributed by atoms with van der Waals surface area (Å²) in [6.45, 7) is 2.85. The van der Waals surface area contributed by atoms with E-state index in [-0.39, 0.29) is 27.3 Å². The molecule has 0 unspecified atom stereocenters. The molecule has 180 valence electrons. The molecule has 9 nitrogen and oxygen atoms in total. The number of amides is 1. The van der Waals surface area contributed by atoms with E-state index in [9.17, 15) is 25.0 Å². The van der Waals surface area contributed by atoms with Crippen LogP contribution in [0.5, 0.6) is 0 Å². The number of rotatable bonds is 5. The molecule has 1 fully saturated rings. The van der Waals surface area contributed by atoms with Crippen LogP contribution in [0.1, 0.15) is 48.9 Å². The van der Waals surface area contributed by atoms with E-state index in [1.165, 1.54) is 25.1 Å². The second kappa shape index (κ2) is 8.79. The molecule has 0 radical (unpaired) electrons. The smallest absolute Gasteiger partial charge is 0.280 e. The number of likely N-dealkylation sites (tertiary alicyclic amines) is 1. The number of hydrogen-bond donors (Lipinski definition) is 1. The van der Waals surface area contributed by atoms with Crippen LogP contribution in [0.2, 0.25) is 10.0 Å². The van der Waals surface area contributed by atoms with Crippen molar-refractivity contribution >= 4 is 40.5 Å². The number of aryl methyl sites for hydroxylation is 1. The minimum atomic E-state index is -0.985. The monoisotopic (exact) mass is 507 g/mol. The van der Waals surface area contributed by atoms with Gasteiger partial charge in [0.1, 0.15) is 6.04 Å². The number of nitrogens with one attached hydrogen (secondary N) is 1. The number of benzene rings is 2. The van der Waals surface area contributed by atoms with Crippen molar-refractivity contribution in [3.63, 3.8) is 0 Å². The average Bonchev–Trinajstić information content (AvgIpc) is 3.22. The normalized spacial score (nSPS) is 23.2. The maximum atomic E-state index is 12.5. The van der Waals surface area contributed by atoms with Gasteiger partial charge in [0.05, 0.1) is 45.6 Å². The van der Waals surface area contributed by atoms with Gasteiger partial charge in [0.15, 0.2) is 5.54 Å². The highest BCUT2D eigenvalue weighted by Crippen LogP contribution is 2.56. The van der Waals surface area contributed by atoms with Gasteiger partial charge in [0.2, 0.25) is 5.91 Å². The molecule has 2 aromatic rings. The van der Waals surface area contributed by atoms with E-state index >= 15 is 0 Å². The summed E-state index contributed by atoms with van der Waals surface area (Å²) >= 11 is 12.6.